The van der Waals surface area contributed by atoms with Crippen molar-refractivity contribution >= 4 is 44.4 Å². The van der Waals surface area contributed by atoms with Crippen LogP contribution in [0.3, 0.4) is 0 Å². The lowest BCUT2D eigenvalue weighted by Gasteiger charge is -2.23. The minimum Gasteiger partial charge on any atom is -0.480 e. The van der Waals surface area contributed by atoms with Crippen molar-refractivity contribution in [1.82, 2.24) is 20.0 Å². The smallest absolute Gasteiger partial charge is 0.346 e. The maximum Gasteiger partial charge on any atom is 0.346 e. The molecule has 1 atom stereocenters. The number of fused-ring (bicyclic) bond motifs is 1. The number of nitrogens with one attached hydrogen (secondary N) is 2. The molecular weight excluding hydrogens is 468 g/mol. The van der Waals surface area contributed by atoms with Gasteiger partial charge in [-0.05, 0) is 23.8 Å². The molecule has 1 saturated heterocycles. The zero-order valence-corrected chi connectivity index (χ0v) is 19.8. The maximum atomic E-state index is 13.1. The van der Waals surface area contributed by atoms with E-state index in [1.807, 2.05) is 42.5 Å². The van der Waals surface area contributed by atoms with E-state index in [9.17, 15) is 9.59 Å². The van der Waals surface area contributed by atoms with E-state index in [0.29, 0.717) is 45.5 Å². The first-order chi connectivity index (χ1) is 17.0. The number of ether oxygens (including phenoxy) is 1. The van der Waals surface area contributed by atoms with Crippen LogP contribution in [0.2, 0.25) is 0 Å². The molecule has 0 radical (unpaired) electrons. The number of hydrogen-bond donors (Lipinski definition) is 2. The zero-order valence-electron chi connectivity index (χ0n) is 19.0. The molecule has 35 heavy (non-hydrogen) atoms. The first-order valence-corrected chi connectivity index (χ1v) is 11.7. The summed E-state index contributed by atoms with van der Waals surface area (Å²) in [5.74, 6) is 0.0740. The maximum absolute atomic E-state index is 13.1. The van der Waals surface area contributed by atoms with Crippen LogP contribution in [0.15, 0.2) is 54.7 Å². The van der Waals surface area contributed by atoms with Gasteiger partial charge in [-0.1, -0.05) is 41.7 Å². The van der Waals surface area contributed by atoms with Crippen molar-refractivity contribution in [3.63, 3.8) is 0 Å². The first kappa shape index (κ1) is 22.7. The van der Waals surface area contributed by atoms with Gasteiger partial charge in [-0.3, -0.25) is 9.63 Å². The van der Waals surface area contributed by atoms with Gasteiger partial charge in [0.1, 0.15) is 16.0 Å². The Labute approximate surface area is 204 Å². The number of anilines is 2. The Kier molecular flexibility index (Phi) is 6.25. The van der Waals surface area contributed by atoms with Crippen LogP contribution >= 0.6 is 11.3 Å². The van der Waals surface area contributed by atoms with Gasteiger partial charge in [0.05, 0.1) is 25.5 Å². The molecule has 178 valence electrons. The summed E-state index contributed by atoms with van der Waals surface area (Å²) >= 11 is 1.28. The predicted molar refractivity (Wildman–Crippen MR) is 132 cm³/mol. The topological polar surface area (TPSA) is 119 Å². The van der Waals surface area contributed by atoms with Crippen molar-refractivity contribution in [2.45, 2.75) is 19.4 Å². The molecule has 4 heterocycles. The van der Waals surface area contributed by atoms with Crippen LogP contribution in [0, 0.1) is 0 Å². The molecule has 1 fully saturated rings. The predicted octanol–water partition coefficient (Wildman–Crippen LogP) is 4.63. The fraction of sp³-hybridized carbons (Fsp3) is 0.208. The highest BCUT2D eigenvalue weighted by molar-refractivity contribution is 7.21. The van der Waals surface area contributed by atoms with Crippen LogP contribution in [0.25, 0.3) is 21.6 Å². The highest BCUT2D eigenvalue weighted by Gasteiger charge is 2.32. The number of rotatable bonds is 5. The number of carbonyl (C=O) groups is 2. The molecule has 10 nitrogen and oxygen atoms in total. The van der Waals surface area contributed by atoms with Gasteiger partial charge in [-0.2, -0.15) is 5.06 Å². The lowest BCUT2D eigenvalue weighted by atomic mass is 10.1. The molecule has 1 aromatic carbocycles. The molecule has 0 aliphatic carbocycles. The van der Waals surface area contributed by atoms with Crippen LogP contribution in [-0.4, -0.2) is 45.7 Å². The summed E-state index contributed by atoms with van der Waals surface area (Å²) in [4.78, 5) is 44.1. The standard InChI is InChI=1S/C24H22N6O4S/c1-14(31)26-23-28-18-9-8-17(27-22(18)35-23)16-12-19(21(33-2)25-13-16)29-24(32)30-20(10-11-34-30)15-6-4-3-5-7-15/h3-9,12-13,20H,10-11H2,1-2H3,(H,29,32)(H,26,28,31). The quantitative estimate of drug-likeness (QED) is 0.419. The van der Waals surface area contributed by atoms with Crippen LogP contribution in [0.5, 0.6) is 5.88 Å². The number of nitrogens with zero attached hydrogens (tertiary/aromatic N) is 4. The zero-order chi connectivity index (χ0) is 24.4. The van der Waals surface area contributed by atoms with E-state index in [0.717, 1.165) is 5.56 Å². The van der Waals surface area contributed by atoms with Crippen molar-refractivity contribution in [3.8, 4) is 17.1 Å². The summed E-state index contributed by atoms with van der Waals surface area (Å²) in [6.07, 6.45) is 2.32. The largest absolute Gasteiger partial charge is 0.480 e. The van der Waals surface area contributed by atoms with Crippen molar-refractivity contribution in [2.75, 3.05) is 24.4 Å². The fourth-order valence-electron chi connectivity index (χ4n) is 3.84. The summed E-state index contributed by atoms with van der Waals surface area (Å²) in [6, 6.07) is 14.5. The van der Waals surface area contributed by atoms with Gasteiger partial charge >= 0.3 is 6.03 Å². The van der Waals surface area contributed by atoms with Crippen LogP contribution in [0.1, 0.15) is 24.9 Å². The van der Waals surface area contributed by atoms with E-state index < -0.39 is 6.03 Å². The summed E-state index contributed by atoms with van der Waals surface area (Å²) in [5.41, 5.74) is 3.39. The van der Waals surface area contributed by atoms with Crippen molar-refractivity contribution in [1.29, 1.82) is 0 Å². The highest BCUT2D eigenvalue weighted by Crippen LogP contribution is 2.33. The lowest BCUT2D eigenvalue weighted by Crippen LogP contribution is -2.33. The summed E-state index contributed by atoms with van der Waals surface area (Å²) in [7, 11) is 1.49. The molecule has 11 heteroatoms. The molecule has 0 saturated carbocycles. The number of hydroxylamine groups is 2. The second kappa shape index (κ2) is 9.65. The average Bonchev–Trinajstić information content (AvgIpc) is 3.50. The Balaban J connectivity index is 1.41. The van der Waals surface area contributed by atoms with Crippen molar-refractivity contribution < 1.29 is 19.2 Å². The molecule has 5 rings (SSSR count). The van der Waals surface area contributed by atoms with Crippen molar-refractivity contribution in [2.24, 2.45) is 0 Å². The molecule has 1 aliphatic heterocycles. The number of thiazole rings is 1. The van der Waals surface area contributed by atoms with E-state index in [1.165, 1.54) is 30.4 Å². The van der Waals surface area contributed by atoms with Gasteiger partial charge in [-0.15, -0.1) is 0 Å². The Hall–Kier alpha value is -4.09. The first-order valence-electron chi connectivity index (χ1n) is 10.9. The third kappa shape index (κ3) is 4.77. The molecule has 2 N–H and O–H groups in total. The molecule has 0 spiro atoms. The van der Waals surface area contributed by atoms with E-state index >= 15 is 0 Å². The Morgan fingerprint density at radius 1 is 1.14 bits per heavy atom. The lowest BCUT2D eigenvalue weighted by molar-refractivity contribution is -0.114. The molecule has 0 bridgehead atoms. The Morgan fingerprint density at radius 3 is 2.74 bits per heavy atom. The Morgan fingerprint density at radius 2 is 1.97 bits per heavy atom. The number of hydrogen-bond acceptors (Lipinski definition) is 8. The number of methoxy groups -OCH3 is 1. The molecule has 1 aliphatic rings. The molecule has 4 aromatic rings. The number of benzene rings is 1. The van der Waals surface area contributed by atoms with Crippen LogP contribution in [-0.2, 0) is 9.63 Å². The normalized spacial score (nSPS) is 15.3. The summed E-state index contributed by atoms with van der Waals surface area (Å²) in [5, 5.41) is 7.38. The van der Waals surface area contributed by atoms with Gasteiger partial charge in [0.25, 0.3) is 0 Å². The van der Waals surface area contributed by atoms with Crippen molar-refractivity contribution in [3.05, 3.63) is 60.3 Å². The van der Waals surface area contributed by atoms with Gasteiger partial charge in [0, 0.05) is 25.1 Å². The monoisotopic (exact) mass is 490 g/mol. The van der Waals surface area contributed by atoms with E-state index in [2.05, 4.69) is 25.6 Å². The number of pyridine rings is 2. The fourth-order valence-corrected chi connectivity index (χ4v) is 4.73. The highest BCUT2D eigenvalue weighted by atomic mass is 32.1. The second-order valence-corrected chi connectivity index (χ2v) is 8.78. The second-order valence-electron chi connectivity index (χ2n) is 7.81. The third-order valence-corrected chi connectivity index (χ3v) is 6.29. The van der Waals surface area contributed by atoms with E-state index in [1.54, 1.807) is 12.3 Å². The molecule has 1 unspecified atom stereocenters. The van der Waals surface area contributed by atoms with E-state index in [4.69, 9.17) is 9.57 Å². The number of amides is 3. The minimum absolute atomic E-state index is 0.188. The van der Waals surface area contributed by atoms with E-state index in [-0.39, 0.29) is 17.8 Å². The van der Waals surface area contributed by atoms with Crippen LogP contribution in [0.4, 0.5) is 15.6 Å². The number of carbonyl (C=O) groups excluding carboxylic acids is 2. The van der Waals surface area contributed by atoms with Gasteiger partial charge < -0.3 is 15.4 Å². The Bertz CT molecular complexity index is 1390. The summed E-state index contributed by atoms with van der Waals surface area (Å²) in [6.45, 7) is 1.88. The third-order valence-electron chi connectivity index (χ3n) is 5.41. The number of urea groups is 1. The van der Waals surface area contributed by atoms with Crippen LogP contribution < -0.4 is 15.4 Å². The number of aromatic nitrogens is 3. The SMILES string of the molecule is COc1ncc(-c2ccc3nc(NC(C)=O)sc3n2)cc1NC(=O)N1OCCC1c1ccccc1. The van der Waals surface area contributed by atoms with Gasteiger partial charge in [0.2, 0.25) is 11.8 Å². The van der Waals surface area contributed by atoms with Gasteiger partial charge in [0.15, 0.2) is 5.13 Å². The average molecular weight is 491 g/mol. The molecule has 3 aromatic heterocycles. The van der Waals surface area contributed by atoms with Gasteiger partial charge in [-0.25, -0.2) is 19.7 Å². The molecule has 3 amide bonds. The minimum atomic E-state index is -0.417. The molecular formula is C24H22N6O4S. The summed E-state index contributed by atoms with van der Waals surface area (Å²) < 4.78 is 5.37.